The van der Waals surface area contributed by atoms with Crippen LogP contribution in [0.25, 0.3) is 0 Å². The standard InChI is InChI=1S/C14H13F3N2O2/c15-14(16,17)12-7-11(2-1-9(12)8-18)19(10-3-4-10)6-5-13(20)21/h1-2,7,10H,3-6H2,(H,20,21). The highest BCUT2D eigenvalue weighted by atomic mass is 19.4. The molecule has 1 aromatic rings. The van der Waals surface area contributed by atoms with Crippen LogP contribution in [0.5, 0.6) is 0 Å². The van der Waals surface area contributed by atoms with Gasteiger partial charge in [0.2, 0.25) is 0 Å². The number of nitriles is 1. The summed E-state index contributed by atoms with van der Waals surface area (Å²) in [5.74, 6) is -0.995. The molecule has 1 N–H and O–H groups in total. The van der Waals surface area contributed by atoms with Crippen molar-refractivity contribution in [3.63, 3.8) is 0 Å². The number of anilines is 1. The Kier molecular flexibility index (Phi) is 4.07. The molecule has 1 fully saturated rings. The van der Waals surface area contributed by atoms with Gasteiger partial charge in [-0.3, -0.25) is 4.79 Å². The van der Waals surface area contributed by atoms with Crippen LogP contribution in [0.1, 0.15) is 30.4 Å². The van der Waals surface area contributed by atoms with E-state index in [9.17, 15) is 18.0 Å². The predicted molar refractivity (Wildman–Crippen MR) is 68.8 cm³/mol. The van der Waals surface area contributed by atoms with Gasteiger partial charge in [-0.2, -0.15) is 18.4 Å². The monoisotopic (exact) mass is 298 g/mol. The van der Waals surface area contributed by atoms with Crippen molar-refractivity contribution in [2.45, 2.75) is 31.5 Å². The third-order valence-electron chi connectivity index (χ3n) is 3.31. The molecule has 112 valence electrons. The number of carboxylic acids is 1. The van der Waals surface area contributed by atoms with E-state index in [2.05, 4.69) is 0 Å². The summed E-state index contributed by atoms with van der Waals surface area (Å²) in [5, 5.41) is 17.5. The van der Waals surface area contributed by atoms with E-state index in [1.54, 1.807) is 4.90 Å². The van der Waals surface area contributed by atoms with Gasteiger partial charge in [-0.25, -0.2) is 0 Å². The fourth-order valence-electron chi connectivity index (χ4n) is 2.17. The summed E-state index contributed by atoms with van der Waals surface area (Å²) in [6.45, 7) is 0.156. The minimum Gasteiger partial charge on any atom is -0.481 e. The quantitative estimate of drug-likeness (QED) is 0.907. The normalized spacial score (nSPS) is 14.6. The molecule has 2 rings (SSSR count). The molecule has 0 bridgehead atoms. The van der Waals surface area contributed by atoms with E-state index in [0.717, 1.165) is 25.0 Å². The van der Waals surface area contributed by atoms with E-state index >= 15 is 0 Å². The van der Waals surface area contributed by atoms with Gasteiger partial charge in [0.1, 0.15) is 0 Å². The van der Waals surface area contributed by atoms with Crippen molar-refractivity contribution in [2.75, 3.05) is 11.4 Å². The first-order chi connectivity index (χ1) is 9.82. The molecule has 21 heavy (non-hydrogen) atoms. The number of halogens is 3. The van der Waals surface area contributed by atoms with Crippen molar-refractivity contribution in [3.8, 4) is 6.07 Å². The second-order valence-corrected chi connectivity index (χ2v) is 4.91. The topological polar surface area (TPSA) is 64.3 Å². The average Bonchev–Trinajstić information content (AvgIpc) is 3.22. The lowest BCUT2D eigenvalue weighted by Crippen LogP contribution is -2.28. The predicted octanol–water partition coefficient (Wildman–Crippen LogP) is 3.02. The number of benzene rings is 1. The summed E-state index contributed by atoms with van der Waals surface area (Å²) < 4.78 is 38.8. The highest BCUT2D eigenvalue weighted by Gasteiger charge is 2.36. The van der Waals surface area contributed by atoms with Gasteiger partial charge in [0.25, 0.3) is 0 Å². The van der Waals surface area contributed by atoms with Crippen LogP contribution in [0, 0.1) is 11.3 Å². The smallest absolute Gasteiger partial charge is 0.417 e. The largest absolute Gasteiger partial charge is 0.481 e. The molecule has 0 radical (unpaired) electrons. The zero-order valence-corrected chi connectivity index (χ0v) is 11.0. The van der Waals surface area contributed by atoms with Gasteiger partial charge in [-0.15, -0.1) is 0 Å². The minimum absolute atomic E-state index is 0.0818. The number of rotatable bonds is 5. The number of carboxylic acid groups (broad SMARTS) is 1. The van der Waals surface area contributed by atoms with Crippen molar-refractivity contribution >= 4 is 11.7 Å². The molecule has 0 spiro atoms. The Morgan fingerprint density at radius 2 is 2.10 bits per heavy atom. The van der Waals surface area contributed by atoms with E-state index in [1.165, 1.54) is 12.1 Å². The maximum Gasteiger partial charge on any atom is 0.417 e. The number of hydrogen-bond acceptors (Lipinski definition) is 3. The first kappa shape index (κ1) is 15.2. The number of hydrogen-bond donors (Lipinski definition) is 1. The molecule has 1 aliphatic carbocycles. The summed E-state index contributed by atoms with van der Waals surface area (Å²) in [6.07, 6.45) is -3.08. The fourth-order valence-corrected chi connectivity index (χ4v) is 2.17. The Balaban J connectivity index is 2.33. The van der Waals surface area contributed by atoms with Crippen LogP contribution < -0.4 is 4.90 Å². The van der Waals surface area contributed by atoms with Gasteiger partial charge in [-0.05, 0) is 31.0 Å². The molecule has 0 atom stereocenters. The van der Waals surface area contributed by atoms with Gasteiger partial charge < -0.3 is 10.0 Å². The second-order valence-electron chi connectivity index (χ2n) is 4.91. The van der Waals surface area contributed by atoms with E-state index in [1.807, 2.05) is 0 Å². The molecular weight excluding hydrogens is 285 g/mol. The third-order valence-corrected chi connectivity index (χ3v) is 3.31. The lowest BCUT2D eigenvalue weighted by atomic mass is 10.1. The van der Waals surface area contributed by atoms with Crippen LogP contribution in [0.3, 0.4) is 0 Å². The maximum absolute atomic E-state index is 12.9. The maximum atomic E-state index is 12.9. The van der Waals surface area contributed by atoms with Crippen molar-refractivity contribution in [1.29, 1.82) is 5.26 Å². The van der Waals surface area contributed by atoms with Crippen molar-refractivity contribution in [2.24, 2.45) is 0 Å². The van der Waals surface area contributed by atoms with Crippen LogP contribution in [0.2, 0.25) is 0 Å². The molecular formula is C14H13F3N2O2. The highest BCUT2D eigenvalue weighted by Crippen LogP contribution is 2.37. The minimum atomic E-state index is -4.61. The molecule has 4 nitrogen and oxygen atoms in total. The zero-order chi connectivity index (χ0) is 15.6. The first-order valence-electron chi connectivity index (χ1n) is 6.42. The fraction of sp³-hybridized carbons (Fsp3) is 0.429. The second kappa shape index (κ2) is 5.64. The van der Waals surface area contributed by atoms with Gasteiger partial charge in [0, 0.05) is 18.3 Å². The van der Waals surface area contributed by atoms with E-state index in [4.69, 9.17) is 10.4 Å². The third kappa shape index (κ3) is 3.66. The number of aliphatic carboxylic acids is 1. The Morgan fingerprint density at radius 1 is 1.43 bits per heavy atom. The molecule has 0 saturated heterocycles. The molecule has 7 heteroatoms. The molecule has 0 aliphatic heterocycles. The van der Waals surface area contributed by atoms with E-state index in [0.29, 0.717) is 5.69 Å². The van der Waals surface area contributed by atoms with Gasteiger partial charge >= 0.3 is 12.1 Å². The van der Waals surface area contributed by atoms with Crippen LogP contribution in [0.4, 0.5) is 18.9 Å². The summed E-state index contributed by atoms with van der Waals surface area (Å²) in [5.41, 5.74) is -1.10. The summed E-state index contributed by atoms with van der Waals surface area (Å²) >= 11 is 0. The Bertz CT molecular complexity index is 589. The van der Waals surface area contributed by atoms with Crippen LogP contribution >= 0.6 is 0 Å². The van der Waals surface area contributed by atoms with Gasteiger partial charge in [0.15, 0.2) is 0 Å². The van der Waals surface area contributed by atoms with Crippen molar-refractivity contribution < 1.29 is 23.1 Å². The van der Waals surface area contributed by atoms with Gasteiger partial charge in [-0.1, -0.05) is 0 Å². The molecule has 1 aliphatic rings. The average molecular weight is 298 g/mol. The van der Waals surface area contributed by atoms with Crippen LogP contribution in [-0.4, -0.2) is 23.7 Å². The molecule has 1 aromatic carbocycles. The Hall–Kier alpha value is -2.23. The lowest BCUT2D eigenvalue weighted by molar-refractivity contribution is -0.138. The van der Waals surface area contributed by atoms with Crippen LogP contribution in [-0.2, 0) is 11.0 Å². The molecule has 0 heterocycles. The van der Waals surface area contributed by atoms with Crippen molar-refractivity contribution in [1.82, 2.24) is 0 Å². The zero-order valence-electron chi connectivity index (χ0n) is 11.0. The Morgan fingerprint density at radius 3 is 2.57 bits per heavy atom. The SMILES string of the molecule is N#Cc1ccc(N(CCC(=O)O)C2CC2)cc1C(F)(F)F. The number of carbonyl (C=O) groups is 1. The molecule has 0 unspecified atom stereocenters. The van der Waals surface area contributed by atoms with E-state index < -0.39 is 23.3 Å². The number of nitrogens with zero attached hydrogens (tertiary/aromatic N) is 2. The molecule has 0 aromatic heterocycles. The number of alkyl halides is 3. The summed E-state index contributed by atoms with van der Waals surface area (Å²) in [7, 11) is 0. The summed E-state index contributed by atoms with van der Waals surface area (Å²) in [4.78, 5) is 12.3. The molecule has 0 amide bonds. The molecule has 1 saturated carbocycles. The lowest BCUT2D eigenvalue weighted by Gasteiger charge is -2.25. The Labute approximate surface area is 119 Å². The van der Waals surface area contributed by atoms with E-state index in [-0.39, 0.29) is 19.0 Å². The first-order valence-corrected chi connectivity index (χ1v) is 6.42. The van der Waals surface area contributed by atoms with Crippen LogP contribution in [0.15, 0.2) is 18.2 Å². The summed E-state index contributed by atoms with van der Waals surface area (Å²) in [6, 6.07) is 5.11. The van der Waals surface area contributed by atoms with Crippen molar-refractivity contribution in [3.05, 3.63) is 29.3 Å². The van der Waals surface area contributed by atoms with Gasteiger partial charge in [0.05, 0.1) is 23.6 Å². The highest BCUT2D eigenvalue weighted by molar-refractivity contribution is 5.68.